The maximum Gasteiger partial charge on any atom is 0.402 e. The quantitative estimate of drug-likeness (QED) is 0.768. The average molecular weight is 301 g/mol. The summed E-state index contributed by atoms with van der Waals surface area (Å²) in [6.07, 6.45) is -3.85. The molecule has 0 spiro atoms. The van der Waals surface area contributed by atoms with E-state index in [-0.39, 0.29) is 6.61 Å². The zero-order valence-electron chi connectivity index (χ0n) is 9.61. The van der Waals surface area contributed by atoms with Gasteiger partial charge >= 0.3 is 12.1 Å². The van der Waals surface area contributed by atoms with Crippen LogP contribution in [0.15, 0.2) is 11.2 Å². The summed E-state index contributed by atoms with van der Waals surface area (Å²) in [7, 11) is -4.53. The van der Waals surface area contributed by atoms with Gasteiger partial charge in [-0.25, -0.2) is 17.9 Å². The molecule has 108 valence electrons. The summed E-state index contributed by atoms with van der Waals surface area (Å²) in [6, 6.07) is 0. The number of carbonyl (C=O) groups is 1. The minimum atomic E-state index is -4.71. The highest BCUT2D eigenvalue weighted by atomic mass is 32.2. The van der Waals surface area contributed by atoms with Gasteiger partial charge in [0.05, 0.1) is 12.8 Å². The molecule has 2 N–H and O–H groups in total. The SMILES string of the molecule is CCOC(=O)c1cn[nH]c1S(=O)(=O)NCC(F)(F)F. The summed E-state index contributed by atoms with van der Waals surface area (Å²) >= 11 is 0. The lowest BCUT2D eigenvalue weighted by Gasteiger charge is -2.09. The Morgan fingerprint density at radius 3 is 2.68 bits per heavy atom. The van der Waals surface area contributed by atoms with Gasteiger partial charge < -0.3 is 4.74 Å². The molecular weight excluding hydrogens is 291 g/mol. The predicted octanol–water partition coefficient (Wildman–Crippen LogP) is 0.427. The van der Waals surface area contributed by atoms with Crippen LogP contribution in [0.4, 0.5) is 13.2 Å². The highest BCUT2D eigenvalue weighted by Crippen LogP contribution is 2.16. The van der Waals surface area contributed by atoms with Crippen molar-refractivity contribution >= 4 is 16.0 Å². The molecule has 1 aromatic heterocycles. The highest BCUT2D eigenvalue weighted by Gasteiger charge is 2.32. The normalized spacial score (nSPS) is 12.4. The van der Waals surface area contributed by atoms with Crippen LogP contribution >= 0.6 is 0 Å². The summed E-state index contributed by atoms with van der Waals surface area (Å²) in [5.41, 5.74) is -0.462. The largest absolute Gasteiger partial charge is 0.462 e. The molecule has 1 heterocycles. The van der Waals surface area contributed by atoms with Crippen LogP contribution < -0.4 is 4.72 Å². The van der Waals surface area contributed by atoms with E-state index in [2.05, 4.69) is 9.84 Å². The molecule has 0 bridgehead atoms. The molecule has 0 saturated heterocycles. The average Bonchev–Trinajstić information content (AvgIpc) is 2.75. The van der Waals surface area contributed by atoms with Crippen LogP contribution in [0.1, 0.15) is 17.3 Å². The lowest BCUT2D eigenvalue weighted by Crippen LogP contribution is -2.34. The van der Waals surface area contributed by atoms with Crippen LogP contribution in [-0.4, -0.2) is 43.9 Å². The van der Waals surface area contributed by atoms with Gasteiger partial charge in [0.25, 0.3) is 10.0 Å². The Morgan fingerprint density at radius 1 is 1.53 bits per heavy atom. The third kappa shape index (κ3) is 4.21. The van der Waals surface area contributed by atoms with Gasteiger partial charge in [0, 0.05) is 0 Å². The first kappa shape index (κ1) is 15.4. The first-order chi connectivity index (χ1) is 8.67. The molecular formula is C8H10F3N3O4S. The summed E-state index contributed by atoms with van der Waals surface area (Å²) in [4.78, 5) is 11.4. The number of H-pyrrole nitrogens is 1. The molecule has 0 aromatic carbocycles. The minimum absolute atomic E-state index is 0.0144. The number of rotatable bonds is 5. The van der Waals surface area contributed by atoms with Crippen molar-refractivity contribution in [3.05, 3.63) is 11.8 Å². The van der Waals surface area contributed by atoms with Gasteiger partial charge in [-0.05, 0) is 6.92 Å². The third-order valence-electron chi connectivity index (χ3n) is 1.83. The van der Waals surface area contributed by atoms with Crippen LogP contribution in [0.2, 0.25) is 0 Å². The molecule has 1 aromatic rings. The second-order valence-corrected chi connectivity index (χ2v) is 4.98. The molecule has 0 radical (unpaired) electrons. The molecule has 0 fully saturated rings. The molecule has 1 rings (SSSR count). The summed E-state index contributed by atoms with van der Waals surface area (Å²) in [5.74, 6) is -0.997. The summed E-state index contributed by atoms with van der Waals surface area (Å²) < 4.78 is 64.9. The third-order valence-corrected chi connectivity index (χ3v) is 3.20. The number of sulfonamides is 1. The van der Waals surface area contributed by atoms with Crippen molar-refractivity contribution in [1.29, 1.82) is 0 Å². The van der Waals surface area contributed by atoms with Crippen molar-refractivity contribution < 1.29 is 31.1 Å². The van der Waals surface area contributed by atoms with Crippen LogP contribution in [0.5, 0.6) is 0 Å². The van der Waals surface area contributed by atoms with E-state index in [0.29, 0.717) is 0 Å². The standard InChI is InChI=1S/C8H10F3N3O4S/c1-2-18-7(15)5-3-12-14-6(5)19(16,17)13-4-8(9,10)11/h3,13H,2,4H2,1H3,(H,12,14). The molecule has 0 aliphatic rings. The van der Waals surface area contributed by atoms with E-state index < -0.39 is 39.3 Å². The Kier molecular flexibility index (Phi) is 4.52. The van der Waals surface area contributed by atoms with Crippen molar-refractivity contribution in [3.63, 3.8) is 0 Å². The fourth-order valence-electron chi connectivity index (χ4n) is 1.08. The van der Waals surface area contributed by atoms with Crippen LogP contribution in [0, 0.1) is 0 Å². The van der Waals surface area contributed by atoms with Gasteiger partial charge in [0.15, 0.2) is 5.03 Å². The number of esters is 1. The Bertz CT molecular complexity index is 552. The number of nitrogens with zero attached hydrogens (tertiary/aromatic N) is 1. The first-order valence-corrected chi connectivity index (χ1v) is 6.42. The van der Waals surface area contributed by atoms with Crippen LogP contribution in [0.25, 0.3) is 0 Å². The van der Waals surface area contributed by atoms with Crippen molar-refractivity contribution in [3.8, 4) is 0 Å². The number of hydrogen-bond acceptors (Lipinski definition) is 5. The van der Waals surface area contributed by atoms with E-state index in [1.54, 1.807) is 0 Å². The number of nitrogens with one attached hydrogen (secondary N) is 2. The van der Waals surface area contributed by atoms with Gasteiger partial charge in [-0.2, -0.15) is 18.3 Å². The maximum absolute atomic E-state index is 12.0. The number of halogens is 3. The number of carbonyl (C=O) groups excluding carboxylic acids is 1. The van der Waals surface area contributed by atoms with Crippen molar-refractivity contribution in [2.24, 2.45) is 0 Å². The van der Waals surface area contributed by atoms with Crippen molar-refractivity contribution in [2.45, 2.75) is 18.1 Å². The van der Waals surface area contributed by atoms with E-state index in [1.165, 1.54) is 11.6 Å². The molecule has 0 unspecified atom stereocenters. The summed E-state index contributed by atoms with van der Waals surface area (Å²) in [5, 5.41) is 4.49. The molecule has 0 amide bonds. The Balaban J connectivity index is 2.97. The maximum atomic E-state index is 12.0. The van der Waals surface area contributed by atoms with E-state index in [4.69, 9.17) is 0 Å². The molecule has 0 aliphatic carbocycles. The van der Waals surface area contributed by atoms with Gasteiger partial charge in [-0.3, -0.25) is 5.10 Å². The number of hydrogen-bond donors (Lipinski definition) is 2. The fourth-order valence-corrected chi connectivity index (χ4v) is 2.18. The monoisotopic (exact) mass is 301 g/mol. The number of aromatic nitrogens is 2. The first-order valence-electron chi connectivity index (χ1n) is 4.94. The number of ether oxygens (including phenoxy) is 1. The second-order valence-electron chi connectivity index (χ2n) is 3.27. The predicted molar refractivity (Wildman–Crippen MR) is 55.8 cm³/mol. The smallest absolute Gasteiger partial charge is 0.402 e. The number of alkyl halides is 3. The van der Waals surface area contributed by atoms with Crippen LogP contribution in [0.3, 0.4) is 0 Å². The van der Waals surface area contributed by atoms with E-state index in [1.807, 2.05) is 5.10 Å². The number of aromatic amines is 1. The topological polar surface area (TPSA) is 101 Å². The molecule has 0 aliphatic heterocycles. The Hall–Kier alpha value is -1.62. The van der Waals surface area contributed by atoms with Crippen molar-refractivity contribution in [2.75, 3.05) is 13.2 Å². The molecule has 7 nitrogen and oxygen atoms in total. The zero-order valence-corrected chi connectivity index (χ0v) is 10.4. The second kappa shape index (κ2) is 5.57. The van der Waals surface area contributed by atoms with Gasteiger partial charge in [0.1, 0.15) is 12.1 Å². The minimum Gasteiger partial charge on any atom is -0.462 e. The Morgan fingerprint density at radius 2 is 2.16 bits per heavy atom. The molecule has 0 atom stereocenters. The van der Waals surface area contributed by atoms with Gasteiger partial charge in [-0.1, -0.05) is 0 Å². The summed E-state index contributed by atoms with van der Waals surface area (Å²) in [6.45, 7) is -0.274. The highest BCUT2D eigenvalue weighted by molar-refractivity contribution is 7.89. The molecule has 11 heteroatoms. The van der Waals surface area contributed by atoms with E-state index in [0.717, 1.165) is 6.20 Å². The lowest BCUT2D eigenvalue weighted by molar-refractivity contribution is -0.121. The fraction of sp³-hybridized carbons (Fsp3) is 0.500. The molecule has 19 heavy (non-hydrogen) atoms. The Labute approximate surface area is 106 Å². The van der Waals surface area contributed by atoms with E-state index >= 15 is 0 Å². The van der Waals surface area contributed by atoms with Crippen molar-refractivity contribution in [1.82, 2.24) is 14.9 Å². The van der Waals surface area contributed by atoms with Gasteiger partial charge in [-0.15, -0.1) is 0 Å². The van der Waals surface area contributed by atoms with Gasteiger partial charge in [0.2, 0.25) is 0 Å². The zero-order chi connectivity index (χ0) is 14.7. The van der Waals surface area contributed by atoms with Crippen LogP contribution in [-0.2, 0) is 14.8 Å². The molecule has 0 saturated carbocycles. The van der Waals surface area contributed by atoms with E-state index in [9.17, 15) is 26.4 Å². The lowest BCUT2D eigenvalue weighted by atomic mass is 10.4.